The van der Waals surface area contributed by atoms with E-state index in [0.717, 1.165) is 11.0 Å². The van der Waals surface area contributed by atoms with E-state index in [2.05, 4.69) is 9.97 Å². The second-order valence-electron chi connectivity index (χ2n) is 3.44. The SMILES string of the molecule is Fc1ccc(-n2cnc3ccccc32)nc1. The standard InChI is InChI=1S/C12H8FN3/c13-9-5-6-12(14-7-9)16-8-15-10-3-1-2-4-11(10)16/h1-8H. The van der Waals surface area contributed by atoms with Gasteiger partial charge in [0.15, 0.2) is 0 Å². The average molecular weight is 213 g/mol. The molecule has 0 radical (unpaired) electrons. The molecule has 3 aromatic rings. The first-order valence-electron chi connectivity index (χ1n) is 4.88. The number of benzene rings is 1. The van der Waals surface area contributed by atoms with Crippen LogP contribution in [0.3, 0.4) is 0 Å². The maximum Gasteiger partial charge on any atom is 0.141 e. The monoisotopic (exact) mass is 213 g/mol. The van der Waals surface area contributed by atoms with Crippen molar-refractivity contribution in [2.24, 2.45) is 0 Å². The minimum Gasteiger partial charge on any atom is -0.283 e. The molecule has 4 heteroatoms. The van der Waals surface area contributed by atoms with E-state index in [-0.39, 0.29) is 5.82 Å². The molecule has 0 saturated carbocycles. The van der Waals surface area contributed by atoms with Crippen LogP contribution in [-0.2, 0) is 0 Å². The number of aromatic nitrogens is 3. The summed E-state index contributed by atoms with van der Waals surface area (Å²) < 4.78 is 14.6. The summed E-state index contributed by atoms with van der Waals surface area (Å²) in [6.45, 7) is 0. The minimum absolute atomic E-state index is 0.340. The van der Waals surface area contributed by atoms with Gasteiger partial charge in [0.25, 0.3) is 0 Å². The van der Waals surface area contributed by atoms with Gasteiger partial charge >= 0.3 is 0 Å². The van der Waals surface area contributed by atoms with Gasteiger partial charge in [-0.05, 0) is 24.3 Å². The van der Waals surface area contributed by atoms with Gasteiger partial charge in [-0.3, -0.25) is 4.57 Å². The summed E-state index contributed by atoms with van der Waals surface area (Å²) in [5.74, 6) is 0.322. The second kappa shape index (κ2) is 3.41. The largest absolute Gasteiger partial charge is 0.283 e. The molecule has 0 amide bonds. The van der Waals surface area contributed by atoms with E-state index >= 15 is 0 Å². The van der Waals surface area contributed by atoms with Crippen LogP contribution in [0.4, 0.5) is 4.39 Å². The van der Waals surface area contributed by atoms with E-state index in [0.29, 0.717) is 5.82 Å². The Labute approximate surface area is 91.2 Å². The molecule has 0 aliphatic heterocycles. The molecule has 3 rings (SSSR count). The summed E-state index contributed by atoms with van der Waals surface area (Å²) in [5.41, 5.74) is 1.86. The number of hydrogen-bond donors (Lipinski definition) is 0. The minimum atomic E-state index is -0.340. The smallest absolute Gasteiger partial charge is 0.141 e. The van der Waals surface area contributed by atoms with Crippen molar-refractivity contribution in [2.75, 3.05) is 0 Å². The van der Waals surface area contributed by atoms with Crippen LogP contribution in [0.25, 0.3) is 16.9 Å². The zero-order valence-electron chi connectivity index (χ0n) is 8.34. The summed E-state index contributed by atoms with van der Waals surface area (Å²) >= 11 is 0. The Morgan fingerprint density at radius 3 is 2.69 bits per heavy atom. The van der Waals surface area contributed by atoms with Crippen molar-refractivity contribution >= 4 is 11.0 Å². The van der Waals surface area contributed by atoms with Gasteiger partial charge in [0.05, 0.1) is 17.2 Å². The highest BCUT2D eigenvalue weighted by molar-refractivity contribution is 5.76. The molecule has 3 nitrogen and oxygen atoms in total. The van der Waals surface area contributed by atoms with Gasteiger partial charge in [-0.25, -0.2) is 14.4 Å². The fourth-order valence-corrected chi connectivity index (χ4v) is 1.65. The molecule has 0 atom stereocenters. The van der Waals surface area contributed by atoms with Crippen LogP contribution in [0.15, 0.2) is 48.9 Å². The first-order chi connectivity index (χ1) is 7.84. The molecule has 0 N–H and O–H groups in total. The number of rotatable bonds is 1. The maximum atomic E-state index is 12.8. The normalized spacial score (nSPS) is 10.8. The van der Waals surface area contributed by atoms with E-state index in [1.165, 1.54) is 12.3 Å². The molecule has 0 fully saturated rings. The summed E-state index contributed by atoms with van der Waals surface area (Å²) in [6, 6.07) is 10.8. The summed E-state index contributed by atoms with van der Waals surface area (Å²) in [7, 11) is 0. The fraction of sp³-hybridized carbons (Fsp3) is 0. The van der Waals surface area contributed by atoms with Crippen molar-refractivity contribution < 1.29 is 4.39 Å². The van der Waals surface area contributed by atoms with Crippen molar-refractivity contribution in [1.29, 1.82) is 0 Å². The molecule has 0 saturated heterocycles. The Hall–Kier alpha value is -2.23. The average Bonchev–Trinajstić information content (AvgIpc) is 2.74. The molecule has 16 heavy (non-hydrogen) atoms. The van der Waals surface area contributed by atoms with Crippen molar-refractivity contribution in [1.82, 2.24) is 14.5 Å². The summed E-state index contributed by atoms with van der Waals surface area (Å²) in [5, 5.41) is 0. The maximum absolute atomic E-state index is 12.8. The van der Waals surface area contributed by atoms with Gasteiger partial charge < -0.3 is 0 Å². The number of imidazole rings is 1. The molecule has 78 valence electrons. The van der Waals surface area contributed by atoms with Crippen LogP contribution >= 0.6 is 0 Å². The van der Waals surface area contributed by atoms with Crippen LogP contribution in [-0.4, -0.2) is 14.5 Å². The summed E-state index contributed by atoms with van der Waals surface area (Å²) in [4.78, 5) is 8.27. The number of hydrogen-bond acceptors (Lipinski definition) is 2. The van der Waals surface area contributed by atoms with Gasteiger partial charge in [0.2, 0.25) is 0 Å². The lowest BCUT2D eigenvalue weighted by molar-refractivity contribution is 0.620. The van der Waals surface area contributed by atoms with Crippen LogP contribution < -0.4 is 0 Å². The van der Waals surface area contributed by atoms with E-state index in [1.807, 2.05) is 28.8 Å². The molecule has 0 spiro atoms. The predicted molar refractivity (Wildman–Crippen MR) is 58.8 cm³/mol. The number of para-hydroxylation sites is 2. The Kier molecular flexibility index (Phi) is 1.93. The third-order valence-electron chi connectivity index (χ3n) is 2.41. The van der Waals surface area contributed by atoms with Gasteiger partial charge in [-0.15, -0.1) is 0 Å². The van der Waals surface area contributed by atoms with Crippen LogP contribution in [0.2, 0.25) is 0 Å². The first kappa shape index (κ1) is 9.03. The third-order valence-corrected chi connectivity index (χ3v) is 2.41. The molecular weight excluding hydrogens is 205 g/mol. The molecule has 1 aromatic carbocycles. The van der Waals surface area contributed by atoms with Crippen LogP contribution in [0.5, 0.6) is 0 Å². The number of nitrogens with zero attached hydrogens (tertiary/aromatic N) is 3. The lowest BCUT2D eigenvalue weighted by Gasteiger charge is -2.01. The van der Waals surface area contributed by atoms with Gasteiger partial charge in [-0.2, -0.15) is 0 Å². The van der Waals surface area contributed by atoms with Crippen molar-refractivity contribution in [3.05, 3.63) is 54.7 Å². The number of fused-ring (bicyclic) bond motifs is 1. The van der Waals surface area contributed by atoms with Crippen molar-refractivity contribution in [3.63, 3.8) is 0 Å². The Morgan fingerprint density at radius 1 is 1.00 bits per heavy atom. The molecular formula is C12H8FN3. The third kappa shape index (κ3) is 1.35. The van der Waals surface area contributed by atoms with Crippen LogP contribution in [0.1, 0.15) is 0 Å². The zero-order chi connectivity index (χ0) is 11.0. The Balaban J connectivity index is 2.22. The first-order valence-corrected chi connectivity index (χ1v) is 4.88. The Bertz CT molecular complexity index is 628. The van der Waals surface area contributed by atoms with Gasteiger partial charge in [-0.1, -0.05) is 12.1 Å². The van der Waals surface area contributed by atoms with Gasteiger partial charge in [0.1, 0.15) is 18.0 Å². The van der Waals surface area contributed by atoms with E-state index in [4.69, 9.17) is 0 Å². The van der Waals surface area contributed by atoms with E-state index in [9.17, 15) is 4.39 Å². The highest BCUT2D eigenvalue weighted by Crippen LogP contribution is 2.15. The number of pyridine rings is 1. The Morgan fingerprint density at radius 2 is 1.88 bits per heavy atom. The highest BCUT2D eigenvalue weighted by Gasteiger charge is 2.04. The molecule has 0 bridgehead atoms. The van der Waals surface area contributed by atoms with Crippen molar-refractivity contribution in [2.45, 2.75) is 0 Å². The van der Waals surface area contributed by atoms with E-state index < -0.39 is 0 Å². The fourth-order valence-electron chi connectivity index (χ4n) is 1.65. The quantitative estimate of drug-likeness (QED) is 0.622. The van der Waals surface area contributed by atoms with Crippen molar-refractivity contribution in [3.8, 4) is 5.82 Å². The number of halogens is 1. The van der Waals surface area contributed by atoms with Crippen LogP contribution in [0, 0.1) is 5.82 Å². The highest BCUT2D eigenvalue weighted by atomic mass is 19.1. The molecule has 0 unspecified atom stereocenters. The molecule has 0 aliphatic rings. The lowest BCUT2D eigenvalue weighted by atomic mass is 10.3. The summed E-state index contributed by atoms with van der Waals surface area (Å²) in [6.07, 6.45) is 2.88. The van der Waals surface area contributed by atoms with E-state index in [1.54, 1.807) is 12.4 Å². The van der Waals surface area contributed by atoms with Gasteiger partial charge in [0, 0.05) is 0 Å². The zero-order valence-corrected chi connectivity index (χ0v) is 8.34. The second-order valence-corrected chi connectivity index (χ2v) is 3.44. The predicted octanol–water partition coefficient (Wildman–Crippen LogP) is 2.56. The molecule has 2 aromatic heterocycles. The lowest BCUT2D eigenvalue weighted by Crippen LogP contribution is -1.95. The molecule has 2 heterocycles. The topological polar surface area (TPSA) is 30.7 Å². The molecule has 0 aliphatic carbocycles.